The van der Waals surface area contributed by atoms with E-state index in [1.54, 1.807) is 0 Å². The van der Waals surface area contributed by atoms with Crippen LogP contribution >= 0.6 is 0 Å². The summed E-state index contributed by atoms with van der Waals surface area (Å²) >= 11 is 0. The van der Waals surface area contributed by atoms with Crippen LogP contribution in [0.15, 0.2) is 42.5 Å². The first-order chi connectivity index (χ1) is 15.3. The lowest BCUT2D eigenvalue weighted by atomic mass is 9.98. The Labute approximate surface area is 191 Å². The molecule has 6 nitrogen and oxygen atoms in total. The fraction of sp³-hybridized carbons (Fsp3) is 0.462. The first-order valence-corrected chi connectivity index (χ1v) is 11.5. The second-order valence-electron chi connectivity index (χ2n) is 8.72. The van der Waals surface area contributed by atoms with E-state index in [1.807, 2.05) is 48.2 Å². The predicted octanol–water partition coefficient (Wildman–Crippen LogP) is 4.63. The van der Waals surface area contributed by atoms with E-state index in [2.05, 4.69) is 44.4 Å². The van der Waals surface area contributed by atoms with Crippen molar-refractivity contribution < 1.29 is 14.3 Å². The number of anilines is 2. The first-order valence-electron chi connectivity index (χ1n) is 11.5. The molecule has 0 aliphatic carbocycles. The van der Waals surface area contributed by atoms with E-state index in [0.29, 0.717) is 18.2 Å². The van der Waals surface area contributed by atoms with Crippen LogP contribution in [0.25, 0.3) is 0 Å². The molecule has 32 heavy (non-hydrogen) atoms. The van der Waals surface area contributed by atoms with Crippen molar-refractivity contribution in [2.24, 2.45) is 0 Å². The molecule has 1 unspecified atom stereocenters. The highest BCUT2D eigenvalue weighted by atomic mass is 16.5. The average Bonchev–Trinajstić information content (AvgIpc) is 2.78. The van der Waals surface area contributed by atoms with Crippen molar-refractivity contribution in [1.82, 2.24) is 5.32 Å². The van der Waals surface area contributed by atoms with Crippen molar-refractivity contribution in [3.05, 3.63) is 53.6 Å². The lowest BCUT2D eigenvalue weighted by Crippen LogP contribution is -2.52. The maximum Gasteiger partial charge on any atom is 0.263 e. The molecule has 0 radical (unpaired) electrons. The number of fused-ring (bicyclic) bond motifs is 1. The van der Waals surface area contributed by atoms with Gasteiger partial charge in [-0.25, -0.2) is 0 Å². The van der Waals surface area contributed by atoms with Gasteiger partial charge in [-0.05, 0) is 48.9 Å². The summed E-state index contributed by atoms with van der Waals surface area (Å²) in [5.74, 6) is 0.666. The van der Waals surface area contributed by atoms with Gasteiger partial charge in [-0.3, -0.25) is 9.59 Å². The van der Waals surface area contributed by atoms with E-state index < -0.39 is 6.10 Å². The molecule has 1 aliphatic heterocycles. The minimum atomic E-state index is -0.664. The van der Waals surface area contributed by atoms with E-state index in [4.69, 9.17) is 4.74 Å². The van der Waals surface area contributed by atoms with Gasteiger partial charge < -0.3 is 20.3 Å². The van der Waals surface area contributed by atoms with Gasteiger partial charge in [0.05, 0.1) is 18.8 Å². The Kier molecular flexibility index (Phi) is 7.78. The third-order valence-electron chi connectivity index (χ3n) is 6.01. The highest BCUT2D eigenvalue weighted by molar-refractivity contribution is 5.96. The zero-order valence-electron chi connectivity index (χ0n) is 19.8. The topological polar surface area (TPSA) is 70.7 Å². The normalized spacial score (nSPS) is 15.3. The third-order valence-corrected chi connectivity index (χ3v) is 6.01. The molecule has 0 aromatic heterocycles. The van der Waals surface area contributed by atoms with Crippen LogP contribution < -0.4 is 20.3 Å². The van der Waals surface area contributed by atoms with Crippen LogP contribution in [0.2, 0.25) is 0 Å². The SMILES string of the molecule is CCC(CC)NC(=O)C1CN(CC(=O)Nc2c(C)cccc2C(C)C)c2ccccc2O1. The summed E-state index contributed by atoms with van der Waals surface area (Å²) < 4.78 is 6.00. The molecule has 1 aliphatic rings. The van der Waals surface area contributed by atoms with Gasteiger partial charge in [0, 0.05) is 11.7 Å². The molecule has 0 saturated heterocycles. The number of benzene rings is 2. The van der Waals surface area contributed by atoms with Crippen molar-refractivity contribution in [1.29, 1.82) is 0 Å². The quantitative estimate of drug-likeness (QED) is 0.632. The van der Waals surface area contributed by atoms with Gasteiger partial charge in [-0.2, -0.15) is 0 Å². The third kappa shape index (κ3) is 5.42. The van der Waals surface area contributed by atoms with Crippen molar-refractivity contribution >= 4 is 23.2 Å². The molecule has 0 spiro atoms. The highest BCUT2D eigenvalue weighted by Gasteiger charge is 2.32. The Bertz CT molecular complexity index is 953. The molecule has 6 heteroatoms. The van der Waals surface area contributed by atoms with Gasteiger partial charge in [-0.15, -0.1) is 0 Å². The standard InChI is InChI=1S/C26H35N3O3/c1-6-19(7-2)27-26(31)23-15-29(21-13-8-9-14-22(21)32-23)16-24(30)28-25-18(5)11-10-12-20(25)17(3)4/h8-14,17,19,23H,6-7,15-16H2,1-5H3,(H,27,31)(H,28,30). The lowest BCUT2D eigenvalue weighted by Gasteiger charge is -2.35. The maximum absolute atomic E-state index is 13.1. The molecular formula is C26H35N3O3. The summed E-state index contributed by atoms with van der Waals surface area (Å²) in [5, 5.41) is 6.18. The lowest BCUT2D eigenvalue weighted by molar-refractivity contribution is -0.129. The number of carbonyl (C=O) groups is 2. The van der Waals surface area contributed by atoms with Crippen molar-refractivity contribution in [3.63, 3.8) is 0 Å². The van der Waals surface area contributed by atoms with Gasteiger partial charge in [0.15, 0.2) is 6.10 Å². The number of aryl methyl sites for hydroxylation is 1. The van der Waals surface area contributed by atoms with Crippen LogP contribution in [0.3, 0.4) is 0 Å². The average molecular weight is 438 g/mol. The zero-order valence-corrected chi connectivity index (χ0v) is 19.8. The molecule has 3 rings (SSSR count). The van der Waals surface area contributed by atoms with Crippen LogP contribution in [0.4, 0.5) is 11.4 Å². The van der Waals surface area contributed by atoms with Gasteiger partial charge in [0.2, 0.25) is 5.91 Å². The number of hydrogen-bond donors (Lipinski definition) is 2. The molecule has 172 valence electrons. The number of rotatable bonds is 8. The molecule has 2 aromatic rings. The molecule has 2 amide bonds. The number of nitrogens with zero attached hydrogens (tertiary/aromatic N) is 1. The van der Waals surface area contributed by atoms with Gasteiger partial charge >= 0.3 is 0 Å². The summed E-state index contributed by atoms with van der Waals surface area (Å²) in [6, 6.07) is 13.7. The number of amides is 2. The molecular weight excluding hydrogens is 402 g/mol. The monoisotopic (exact) mass is 437 g/mol. The fourth-order valence-corrected chi connectivity index (χ4v) is 4.07. The van der Waals surface area contributed by atoms with Crippen molar-refractivity contribution in [2.45, 2.75) is 65.5 Å². The van der Waals surface area contributed by atoms with Gasteiger partial charge in [-0.1, -0.05) is 58.0 Å². The Balaban J connectivity index is 1.78. The Morgan fingerprint density at radius 1 is 1.09 bits per heavy atom. The summed E-state index contributed by atoms with van der Waals surface area (Å²) in [7, 11) is 0. The number of ether oxygens (including phenoxy) is 1. The second kappa shape index (κ2) is 10.5. The molecule has 0 saturated carbocycles. The van der Waals surface area contributed by atoms with E-state index in [0.717, 1.165) is 35.3 Å². The minimum Gasteiger partial charge on any atom is -0.477 e. The highest BCUT2D eigenvalue weighted by Crippen LogP contribution is 2.33. The second-order valence-corrected chi connectivity index (χ2v) is 8.72. The van der Waals surface area contributed by atoms with Gasteiger partial charge in [0.1, 0.15) is 5.75 Å². The molecule has 0 fully saturated rings. The Hall–Kier alpha value is -3.02. The summed E-state index contributed by atoms with van der Waals surface area (Å²) in [6.07, 6.45) is 1.07. The minimum absolute atomic E-state index is 0.114. The van der Waals surface area contributed by atoms with Crippen LogP contribution in [-0.4, -0.2) is 37.0 Å². The van der Waals surface area contributed by atoms with Gasteiger partial charge in [0.25, 0.3) is 5.91 Å². The van der Waals surface area contributed by atoms with E-state index >= 15 is 0 Å². The molecule has 1 atom stereocenters. The van der Waals surface area contributed by atoms with E-state index in [1.165, 1.54) is 0 Å². The summed E-state index contributed by atoms with van der Waals surface area (Å²) in [6.45, 7) is 10.8. The van der Waals surface area contributed by atoms with Crippen LogP contribution in [0, 0.1) is 6.92 Å². The number of hydrogen-bond acceptors (Lipinski definition) is 4. The van der Waals surface area contributed by atoms with E-state index in [9.17, 15) is 9.59 Å². The summed E-state index contributed by atoms with van der Waals surface area (Å²) in [4.78, 5) is 27.9. The Morgan fingerprint density at radius 3 is 2.50 bits per heavy atom. The van der Waals surface area contributed by atoms with Crippen molar-refractivity contribution in [3.8, 4) is 5.75 Å². The van der Waals surface area contributed by atoms with Crippen LogP contribution in [0.5, 0.6) is 5.75 Å². The number of para-hydroxylation sites is 3. The molecule has 0 bridgehead atoms. The molecule has 2 aromatic carbocycles. The van der Waals surface area contributed by atoms with Crippen LogP contribution in [0.1, 0.15) is 57.6 Å². The molecule has 2 N–H and O–H groups in total. The van der Waals surface area contributed by atoms with Crippen LogP contribution in [-0.2, 0) is 9.59 Å². The fourth-order valence-electron chi connectivity index (χ4n) is 4.07. The van der Waals surface area contributed by atoms with Crippen molar-refractivity contribution in [2.75, 3.05) is 23.3 Å². The zero-order chi connectivity index (χ0) is 23.3. The maximum atomic E-state index is 13.1. The number of nitrogens with one attached hydrogen (secondary N) is 2. The smallest absolute Gasteiger partial charge is 0.263 e. The predicted molar refractivity (Wildman–Crippen MR) is 129 cm³/mol. The Morgan fingerprint density at radius 2 is 1.81 bits per heavy atom. The summed E-state index contributed by atoms with van der Waals surface area (Å²) in [5.41, 5.74) is 3.85. The largest absolute Gasteiger partial charge is 0.477 e. The van der Waals surface area contributed by atoms with E-state index in [-0.39, 0.29) is 24.4 Å². The molecule has 1 heterocycles. The first kappa shape index (κ1) is 23.6. The number of carbonyl (C=O) groups excluding carboxylic acids is 2.